The van der Waals surface area contributed by atoms with Gasteiger partial charge in [-0.05, 0) is 18.6 Å². The lowest BCUT2D eigenvalue weighted by molar-refractivity contribution is -0.121. The number of amides is 1. The van der Waals surface area contributed by atoms with Gasteiger partial charge in [-0.1, -0.05) is 18.2 Å². The fraction of sp³-hybridized carbons (Fsp3) is 0.462. The molecular weight excluding hydrogens is 282 g/mol. The molecule has 0 aromatic heterocycles. The number of hydrogen-bond acceptors (Lipinski definition) is 4. The average Bonchev–Trinajstić information content (AvgIpc) is 2.70. The zero-order valence-corrected chi connectivity index (χ0v) is 12.2. The second-order valence-corrected chi connectivity index (χ2v) is 7.98. The third-order valence-corrected chi connectivity index (χ3v) is 5.72. The Bertz CT molecular complexity index is 528. The van der Waals surface area contributed by atoms with E-state index in [1.807, 2.05) is 30.3 Å². The first kappa shape index (κ1) is 14.4. The molecule has 0 unspecified atom stereocenters. The van der Waals surface area contributed by atoms with Crippen LogP contribution in [0.4, 0.5) is 0 Å². The predicted octanol–water partition coefficient (Wildman–Crippen LogP) is 1.47. The number of benzene rings is 1. The Morgan fingerprint density at radius 2 is 2.05 bits per heavy atom. The summed E-state index contributed by atoms with van der Waals surface area (Å²) in [6.45, 7) is 0. The summed E-state index contributed by atoms with van der Waals surface area (Å²) in [5, 5.41) is 2.79. The molecule has 1 saturated heterocycles. The summed E-state index contributed by atoms with van der Waals surface area (Å²) >= 11 is 1.63. The SMILES string of the molecule is O=C(CCSc1ccccc1)N[C@H]1CCS(=O)(=O)C1. The Hall–Kier alpha value is -1.01. The van der Waals surface area contributed by atoms with Gasteiger partial charge in [0.25, 0.3) is 0 Å². The van der Waals surface area contributed by atoms with Gasteiger partial charge in [0.15, 0.2) is 9.84 Å². The van der Waals surface area contributed by atoms with E-state index in [9.17, 15) is 13.2 Å². The minimum absolute atomic E-state index is 0.0643. The highest BCUT2D eigenvalue weighted by atomic mass is 32.2. The van der Waals surface area contributed by atoms with Gasteiger partial charge in [-0.2, -0.15) is 0 Å². The highest BCUT2D eigenvalue weighted by molar-refractivity contribution is 7.99. The van der Waals surface area contributed by atoms with Crippen LogP contribution in [0, 0.1) is 0 Å². The van der Waals surface area contributed by atoms with Crippen molar-refractivity contribution in [2.24, 2.45) is 0 Å². The number of carbonyl (C=O) groups is 1. The topological polar surface area (TPSA) is 63.2 Å². The van der Waals surface area contributed by atoms with E-state index in [0.29, 0.717) is 18.6 Å². The fourth-order valence-electron chi connectivity index (χ4n) is 1.99. The van der Waals surface area contributed by atoms with Crippen LogP contribution in [0.2, 0.25) is 0 Å². The molecule has 6 heteroatoms. The van der Waals surface area contributed by atoms with E-state index >= 15 is 0 Å². The lowest BCUT2D eigenvalue weighted by Crippen LogP contribution is -2.35. The van der Waals surface area contributed by atoms with Gasteiger partial charge in [0.1, 0.15) is 0 Å². The Kier molecular flexibility index (Phi) is 4.87. The maximum atomic E-state index is 11.7. The number of hydrogen-bond donors (Lipinski definition) is 1. The molecule has 1 atom stereocenters. The van der Waals surface area contributed by atoms with Crippen molar-refractivity contribution in [1.82, 2.24) is 5.32 Å². The third kappa shape index (κ3) is 4.87. The molecule has 0 aliphatic carbocycles. The molecule has 2 rings (SSSR count). The molecule has 4 nitrogen and oxygen atoms in total. The van der Waals surface area contributed by atoms with Gasteiger partial charge in [0.2, 0.25) is 5.91 Å². The summed E-state index contributed by atoms with van der Waals surface area (Å²) in [6.07, 6.45) is 0.954. The van der Waals surface area contributed by atoms with E-state index in [0.717, 1.165) is 4.90 Å². The first-order valence-corrected chi connectivity index (χ1v) is 9.03. The van der Waals surface area contributed by atoms with Crippen LogP contribution >= 0.6 is 11.8 Å². The summed E-state index contributed by atoms with van der Waals surface area (Å²) in [7, 11) is -2.92. The fourth-order valence-corrected chi connectivity index (χ4v) is 4.53. The molecule has 1 aromatic rings. The smallest absolute Gasteiger partial charge is 0.221 e. The minimum Gasteiger partial charge on any atom is -0.352 e. The summed E-state index contributed by atoms with van der Waals surface area (Å²) in [5.74, 6) is 0.918. The van der Waals surface area contributed by atoms with Crippen LogP contribution in [0.1, 0.15) is 12.8 Å². The Balaban J connectivity index is 1.68. The number of rotatable bonds is 5. The summed E-state index contributed by atoms with van der Waals surface area (Å²) in [4.78, 5) is 12.8. The van der Waals surface area contributed by atoms with Gasteiger partial charge in [-0.25, -0.2) is 8.42 Å². The highest BCUT2D eigenvalue weighted by Gasteiger charge is 2.28. The van der Waals surface area contributed by atoms with Gasteiger partial charge < -0.3 is 5.32 Å². The maximum Gasteiger partial charge on any atom is 0.221 e. The van der Waals surface area contributed by atoms with Gasteiger partial charge in [0, 0.05) is 23.1 Å². The summed E-state index contributed by atoms with van der Waals surface area (Å²) in [5.41, 5.74) is 0. The molecule has 1 aromatic carbocycles. The number of sulfone groups is 1. The molecule has 0 bridgehead atoms. The number of thioether (sulfide) groups is 1. The van der Waals surface area contributed by atoms with Crippen LogP contribution in [-0.4, -0.2) is 37.6 Å². The van der Waals surface area contributed by atoms with E-state index < -0.39 is 9.84 Å². The van der Waals surface area contributed by atoms with Crippen LogP contribution in [-0.2, 0) is 14.6 Å². The van der Waals surface area contributed by atoms with Crippen molar-refractivity contribution < 1.29 is 13.2 Å². The predicted molar refractivity (Wildman–Crippen MR) is 77.0 cm³/mol. The standard InChI is InChI=1S/C13H17NO3S2/c15-13(14-11-7-9-19(16,17)10-11)6-8-18-12-4-2-1-3-5-12/h1-5,11H,6-10H2,(H,14,15)/t11-/m0/s1. The van der Waals surface area contributed by atoms with Crippen molar-refractivity contribution in [3.05, 3.63) is 30.3 Å². The van der Waals surface area contributed by atoms with Crippen molar-refractivity contribution in [1.29, 1.82) is 0 Å². The zero-order valence-electron chi connectivity index (χ0n) is 10.5. The summed E-state index contributed by atoms with van der Waals surface area (Å²) < 4.78 is 22.5. The molecule has 19 heavy (non-hydrogen) atoms. The van der Waals surface area contributed by atoms with Crippen molar-refractivity contribution in [2.45, 2.75) is 23.8 Å². The Labute approximate surface area is 117 Å². The first-order chi connectivity index (χ1) is 9.05. The zero-order chi connectivity index (χ0) is 13.7. The lowest BCUT2D eigenvalue weighted by Gasteiger charge is -2.10. The molecule has 1 fully saturated rings. The highest BCUT2D eigenvalue weighted by Crippen LogP contribution is 2.18. The van der Waals surface area contributed by atoms with Gasteiger partial charge >= 0.3 is 0 Å². The molecule has 0 radical (unpaired) electrons. The lowest BCUT2D eigenvalue weighted by atomic mass is 10.2. The van der Waals surface area contributed by atoms with E-state index in [-0.39, 0.29) is 23.5 Å². The molecule has 0 spiro atoms. The minimum atomic E-state index is -2.92. The van der Waals surface area contributed by atoms with Gasteiger partial charge in [-0.3, -0.25) is 4.79 Å². The monoisotopic (exact) mass is 299 g/mol. The summed E-state index contributed by atoms with van der Waals surface area (Å²) in [6, 6.07) is 9.70. The van der Waals surface area contributed by atoms with Crippen molar-refractivity contribution in [3.63, 3.8) is 0 Å². The van der Waals surface area contributed by atoms with Crippen LogP contribution in [0.15, 0.2) is 35.2 Å². The molecule has 1 aliphatic heterocycles. The Morgan fingerprint density at radius 1 is 1.32 bits per heavy atom. The van der Waals surface area contributed by atoms with E-state index in [1.165, 1.54) is 0 Å². The Morgan fingerprint density at radius 3 is 2.68 bits per heavy atom. The average molecular weight is 299 g/mol. The largest absolute Gasteiger partial charge is 0.352 e. The first-order valence-electron chi connectivity index (χ1n) is 6.23. The second kappa shape index (κ2) is 6.43. The molecular formula is C13H17NO3S2. The number of nitrogens with one attached hydrogen (secondary N) is 1. The van der Waals surface area contributed by atoms with Crippen LogP contribution in [0.3, 0.4) is 0 Å². The van der Waals surface area contributed by atoms with Crippen LogP contribution in [0.5, 0.6) is 0 Å². The second-order valence-electron chi connectivity index (χ2n) is 4.58. The molecule has 104 valence electrons. The normalized spacial score (nSPS) is 21.2. The number of carbonyl (C=O) groups excluding carboxylic acids is 1. The van der Waals surface area contributed by atoms with E-state index in [2.05, 4.69) is 5.32 Å². The van der Waals surface area contributed by atoms with Gasteiger partial charge in [-0.15, -0.1) is 11.8 Å². The van der Waals surface area contributed by atoms with Crippen molar-refractivity contribution >= 4 is 27.5 Å². The molecule has 1 amide bonds. The van der Waals surface area contributed by atoms with E-state index in [1.54, 1.807) is 11.8 Å². The maximum absolute atomic E-state index is 11.7. The molecule has 0 saturated carbocycles. The van der Waals surface area contributed by atoms with Gasteiger partial charge in [0.05, 0.1) is 11.5 Å². The molecule has 1 N–H and O–H groups in total. The van der Waals surface area contributed by atoms with Crippen LogP contribution < -0.4 is 5.32 Å². The van der Waals surface area contributed by atoms with Crippen molar-refractivity contribution in [3.8, 4) is 0 Å². The molecule has 1 heterocycles. The third-order valence-electron chi connectivity index (χ3n) is 2.94. The molecule has 1 aliphatic rings. The quantitative estimate of drug-likeness (QED) is 0.836. The van der Waals surface area contributed by atoms with Crippen LogP contribution in [0.25, 0.3) is 0 Å². The van der Waals surface area contributed by atoms with Crippen molar-refractivity contribution in [2.75, 3.05) is 17.3 Å². The van der Waals surface area contributed by atoms with E-state index in [4.69, 9.17) is 0 Å².